The standard InChI is InChI=1S/C13H13NO3S/c1-17-6-7-18-12-10-5-3-2-4-9(10)8-11(14-12)13(15)16/h2-5,8H,6-7H2,1H3,(H,15,16). The first-order valence-electron chi connectivity index (χ1n) is 5.47. The van der Waals surface area contributed by atoms with E-state index in [0.717, 1.165) is 21.6 Å². The molecule has 0 bridgehead atoms. The number of aromatic nitrogens is 1. The molecule has 4 nitrogen and oxygen atoms in total. The Morgan fingerprint density at radius 1 is 1.44 bits per heavy atom. The number of ether oxygens (including phenoxy) is 1. The summed E-state index contributed by atoms with van der Waals surface area (Å²) in [5.41, 5.74) is 0.0774. The number of benzene rings is 1. The summed E-state index contributed by atoms with van der Waals surface area (Å²) in [6, 6.07) is 9.24. The molecular weight excluding hydrogens is 250 g/mol. The number of pyridine rings is 1. The molecule has 0 aliphatic heterocycles. The van der Waals surface area contributed by atoms with Crippen molar-refractivity contribution in [3.05, 3.63) is 36.0 Å². The summed E-state index contributed by atoms with van der Waals surface area (Å²) in [5, 5.41) is 11.7. The zero-order valence-corrected chi connectivity index (χ0v) is 10.7. The van der Waals surface area contributed by atoms with E-state index in [4.69, 9.17) is 9.84 Å². The second-order valence-corrected chi connectivity index (χ2v) is 4.76. The van der Waals surface area contributed by atoms with Gasteiger partial charge in [0.2, 0.25) is 0 Å². The molecule has 94 valence electrons. The van der Waals surface area contributed by atoms with Crippen LogP contribution in [0.1, 0.15) is 10.5 Å². The lowest BCUT2D eigenvalue weighted by Gasteiger charge is -2.06. The Morgan fingerprint density at radius 3 is 2.94 bits per heavy atom. The van der Waals surface area contributed by atoms with Gasteiger partial charge in [0.15, 0.2) is 0 Å². The molecule has 1 aromatic heterocycles. The van der Waals surface area contributed by atoms with E-state index in [-0.39, 0.29) is 5.69 Å². The van der Waals surface area contributed by atoms with Crippen LogP contribution in [0.5, 0.6) is 0 Å². The van der Waals surface area contributed by atoms with Crippen molar-refractivity contribution in [1.29, 1.82) is 0 Å². The van der Waals surface area contributed by atoms with Crippen LogP contribution in [-0.2, 0) is 4.74 Å². The first-order valence-corrected chi connectivity index (χ1v) is 6.45. The molecule has 2 aromatic rings. The zero-order chi connectivity index (χ0) is 13.0. The highest BCUT2D eigenvalue weighted by Gasteiger charge is 2.10. The summed E-state index contributed by atoms with van der Waals surface area (Å²) in [5.74, 6) is -0.259. The van der Waals surface area contributed by atoms with Crippen LogP contribution in [0.15, 0.2) is 35.4 Å². The number of carboxylic acid groups (broad SMARTS) is 1. The second kappa shape index (κ2) is 5.84. The van der Waals surface area contributed by atoms with E-state index in [2.05, 4.69) is 4.98 Å². The number of nitrogens with zero attached hydrogens (tertiary/aromatic N) is 1. The van der Waals surface area contributed by atoms with Crippen LogP contribution in [0.4, 0.5) is 0 Å². The summed E-state index contributed by atoms with van der Waals surface area (Å²) in [6.45, 7) is 0.609. The van der Waals surface area contributed by atoms with Gasteiger partial charge in [-0.3, -0.25) is 0 Å². The molecule has 0 saturated carbocycles. The quantitative estimate of drug-likeness (QED) is 0.664. The number of methoxy groups -OCH3 is 1. The van der Waals surface area contributed by atoms with Crippen LogP contribution < -0.4 is 0 Å². The smallest absolute Gasteiger partial charge is 0.354 e. The molecule has 0 aliphatic carbocycles. The number of hydrogen-bond acceptors (Lipinski definition) is 4. The Kier molecular flexibility index (Phi) is 4.17. The van der Waals surface area contributed by atoms with E-state index in [9.17, 15) is 4.79 Å². The third-order valence-electron chi connectivity index (χ3n) is 2.45. The molecule has 1 N–H and O–H groups in total. The predicted molar refractivity (Wildman–Crippen MR) is 71.3 cm³/mol. The Balaban J connectivity index is 2.43. The summed E-state index contributed by atoms with van der Waals surface area (Å²) < 4.78 is 4.99. The number of carboxylic acids is 1. The molecule has 0 spiro atoms. The van der Waals surface area contributed by atoms with Crippen molar-refractivity contribution >= 4 is 28.5 Å². The minimum Gasteiger partial charge on any atom is -0.477 e. The van der Waals surface area contributed by atoms with Gasteiger partial charge in [-0.25, -0.2) is 9.78 Å². The number of fused-ring (bicyclic) bond motifs is 1. The predicted octanol–water partition coefficient (Wildman–Crippen LogP) is 2.67. The molecule has 1 heterocycles. The molecule has 0 aliphatic rings. The van der Waals surface area contributed by atoms with E-state index in [1.807, 2.05) is 24.3 Å². The number of hydrogen-bond donors (Lipinski definition) is 1. The van der Waals surface area contributed by atoms with Crippen LogP contribution >= 0.6 is 11.8 Å². The molecule has 0 atom stereocenters. The largest absolute Gasteiger partial charge is 0.477 e. The molecule has 1 aromatic carbocycles. The average Bonchev–Trinajstić information content (AvgIpc) is 2.38. The molecule has 18 heavy (non-hydrogen) atoms. The van der Waals surface area contributed by atoms with Crippen LogP contribution in [0, 0.1) is 0 Å². The fourth-order valence-electron chi connectivity index (χ4n) is 1.61. The molecule has 0 radical (unpaired) electrons. The van der Waals surface area contributed by atoms with Gasteiger partial charge in [0, 0.05) is 18.2 Å². The SMILES string of the molecule is COCCSc1nc(C(=O)O)cc2ccccc12. The summed E-state index contributed by atoms with van der Waals surface area (Å²) >= 11 is 1.51. The fourth-order valence-corrected chi connectivity index (χ4v) is 2.56. The molecule has 2 rings (SSSR count). The van der Waals surface area contributed by atoms with Crippen molar-refractivity contribution in [3.63, 3.8) is 0 Å². The Morgan fingerprint density at radius 2 is 2.22 bits per heavy atom. The molecule has 0 unspecified atom stereocenters. The van der Waals surface area contributed by atoms with Crippen molar-refractivity contribution in [2.24, 2.45) is 0 Å². The van der Waals surface area contributed by atoms with Crippen molar-refractivity contribution < 1.29 is 14.6 Å². The average molecular weight is 263 g/mol. The number of thioether (sulfide) groups is 1. The monoisotopic (exact) mass is 263 g/mol. The topological polar surface area (TPSA) is 59.4 Å². The van der Waals surface area contributed by atoms with Gasteiger partial charge in [-0.15, -0.1) is 11.8 Å². The van der Waals surface area contributed by atoms with Gasteiger partial charge in [0.05, 0.1) is 6.61 Å². The zero-order valence-electron chi connectivity index (χ0n) is 9.92. The minimum atomic E-state index is -1.01. The number of aromatic carboxylic acids is 1. The van der Waals surface area contributed by atoms with Gasteiger partial charge < -0.3 is 9.84 Å². The minimum absolute atomic E-state index is 0.0774. The first-order chi connectivity index (χ1) is 8.72. The first kappa shape index (κ1) is 12.9. The number of carbonyl (C=O) groups is 1. The Labute approximate surface area is 109 Å². The normalized spacial score (nSPS) is 10.7. The van der Waals surface area contributed by atoms with Crippen molar-refractivity contribution in [3.8, 4) is 0 Å². The Bertz CT molecular complexity index is 571. The summed E-state index contributed by atoms with van der Waals surface area (Å²) in [7, 11) is 1.64. The summed E-state index contributed by atoms with van der Waals surface area (Å²) in [4.78, 5) is 15.2. The van der Waals surface area contributed by atoms with Gasteiger partial charge in [-0.1, -0.05) is 24.3 Å². The van der Waals surface area contributed by atoms with E-state index < -0.39 is 5.97 Å². The lowest BCUT2D eigenvalue weighted by molar-refractivity contribution is 0.0690. The van der Waals surface area contributed by atoms with Crippen LogP contribution in [0.25, 0.3) is 10.8 Å². The molecular formula is C13H13NO3S. The van der Waals surface area contributed by atoms with Gasteiger partial charge in [-0.05, 0) is 11.5 Å². The lowest BCUT2D eigenvalue weighted by atomic mass is 10.1. The van der Waals surface area contributed by atoms with E-state index >= 15 is 0 Å². The highest BCUT2D eigenvalue weighted by Crippen LogP contribution is 2.26. The van der Waals surface area contributed by atoms with Crippen LogP contribution in [0.2, 0.25) is 0 Å². The van der Waals surface area contributed by atoms with E-state index in [1.165, 1.54) is 11.8 Å². The van der Waals surface area contributed by atoms with Gasteiger partial charge >= 0.3 is 5.97 Å². The third kappa shape index (κ3) is 2.80. The van der Waals surface area contributed by atoms with E-state index in [1.54, 1.807) is 13.2 Å². The van der Waals surface area contributed by atoms with Gasteiger partial charge in [0.1, 0.15) is 10.7 Å². The summed E-state index contributed by atoms with van der Waals surface area (Å²) in [6.07, 6.45) is 0. The molecule has 0 fully saturated rings. The van der Waals surface area contributed by atoms with Gasteiger partial charge in [-0.2, -0.15) is 0 Å². The maximum absolute atomic E-state index is 11.0. The van der Waals surface area contributed by atoms with Gasteiger partial charge in [0.25, 0.3) is 0 Å². The van der Waals surface area contributed by atoms with Crippen LogP contribution in [-0.4, -0.2) is 35.5 Å². The van der Waals surface area contributed by atoms with Crippen molar-refractivity contribution in [1.82, 2.24) is 4.98 Å². The number of rotatable bonds is 5. The molecule has 0 saturated heterocycles. The second-order valence-electron chi connectivity index (χ2n) is 3.68. The van der Waals surface area contributed by atoms with Crippen molar-refractivity contribution in [2.45, 2.75) is 5.03 Å². The van der Waals surface area contributed by atoms with Crippen LogP contribution in [0.3, 0.4) is 0 Å². The molecule has 0 amide bonds. The Hall–Kier alpha value is -1.59. The van der Waals surface area contributed by atoms with E-state index in [0.29, 0.717) is 6.61 Å². The third-order valence-corrected chi connectivity index (χ3v) is 3.41. The lowest BCUT2D eigenvalue weighted by Crippen LogP contribution is -2.02. The fraction of sp³-hybridized carbons (Fsp3) is 0.231. The maximum Gasteiger partial charge on any atom is 0.354 e. The molecule has 5 heteroatoms. The highest BCUT2D eigenvalue weighted by molar-refractivity contribution is 7.99. The van der Waals surface area contributed by atoms with Crippen molar-refractivity contribution in [2.75, 3.05) is 19.5 Å². The maximum atomic E-state index is 11.0. The highest BCUT2D eigenvalue weighted by atomic mass is 32.2.